The van der Waals surface area contributed by atoms with Gasteiger partial charge in [-0.25, -0.2) is 4.79 Å². The molecule has 1 fully saturated rings. The SMILES string of the molecule is CCN1CCC2(CC1)OC(=O)C(C)=C2C(=O)Nc1ccc(OC)cc1. The Bertz CT molecular complexity index is 701. The molecule has 0 atom stereocenters. The molecule has 1 saturated heterocycles. The van der Waals surface area contributed by atoms with Crippen LogP contribution in [0.4, 0.5) is 5.69 Å². The van der Waals surface area contributed by atoms with Crippen molar-refractivity contribution in [2.75, 3.05) is 32.1 Å². The molecule has 0 unspecified atom stereocenters. The number of methoxy groups -OCH3 is 1. The van der Waals surface area contributed by atoms with Crippen molar-refractivity contribution >= 4 is 17.6 Å². The highest BCUT2D eigenvalue weighted by molar-refractivity contribution is 6.12. The van der Waals surface area contributed by atoms with Gasteiger partial charge in [0.05, 0.1) is 12.7 Å². The molecule has 0 saturated carbocycles. The Hall–Kier alpha value is -2.34. The first-order chi connectivity index (χ1) is 12.0. The van der Waals surface area contributed by atoms with Crippen LogP contribution in [0.3, 0.4) is 0 Å². The van der Waals surface area contributed by atoms with Crippen LogP contribution in [0.5, 0.6) is 5.75 Å². The number of nitrogens with one attached hydrogen (secondary N) is 1. The van der Waals surface area contributed by atoms with E-state index in [4.69, 9.17) is 9.47 Å². The number of hydrogen-bond acceptors (Lipinski definition) is 5. The van der Waals surface area contributed by atoms with E-state index in [-0.39, 0.29) is 11.9 Å². The van der Waals surface area contributed by atoms with Gasteiger partial charge in [0.15, 0.2) is 0 Å². The van der Waals surface area contributed by atoms with Gasteiger partial charge in [-0.15, -0.1) is 0 Å². The number of amides is 1. The number of hydrogen-bond donors (Lipinski definition) is 1. The summed E-state index contributed by atoms with van der Waals surface area (Å²) >= 11 is 0. The number of rotatable bonds is 4. The lowest BCUT2D eigenvalue weighted by molar-refractivity contribution is -0.150. The van der Waals surface area contributed by atoms with Gasteiger partial charge in [0.2, 0.25) is 0 Å². The minimum absolute atomic E-state index is 0.265. The number of likely N-dealkylation sites (tertiary alicyclic amines) is 1. The third-order valence-electron chi connectivity index (χ3n) is 5.11. The predicted octanol–water partition coefficient (Wildman–Crippen LogP) is 2.36. The molecule has 2 heterocycles. The highest BCUT2D eigenvalue weighted by Gasteiger charge is 2.50. The summed E-state index contributed by atoms with van der Waals surface area (Å²) in [6.07, 6.45) is 1.30. The monoisotopic (exact) mass is 344 g/mol. The second-order valence-corrected chi connectivity index (χ2v) is 6.50. The molecule has 1 N–H and O–H groups in total. The maximum atomic E-state index is 12.9. The maximum Gasteiger partial charge on any atom is 0.335 e. The summed E-state index contributed by atoms with van der Waals surface area (Å²) in [6.45, 7) is 6.37. The summed E-state index contributed by atoms with van der Waals surface area (Å²) in [7, 11) is 1.59. The van der Waals surface area contributed by atoms with E-state index in [0.717, 1.165) is 25.4 Å². The van der Waals surface area contributed by atoms with Crippen LogP contribution in [-0.2, 0) is 14.3 Å². The highest BCUT2D eigenvalue weighted by atomic mass is 16.6. The van der Waals surface area contributed by atoms with Crippen molar-refractivity contribution in [1.82, 2.24) is 4.90 Å². The fraction of sp³-hybridized carbons (Fsp3) is 0.474. The van der Waals surface area contributed by atoms with E-state index in [2.05, 4.69) is 17.1 Å². The molecule has 25 heavy (non-hydrogen) atoms. The standard InChI is InChI=1S/C19H24N2O4/c1-4-21-11-9-19(10-12-21)16(13(2)18(23)25-19)17(22)20-14-5-7-15(24-3)8-6-14/h5-8H,4,9-12H2,1-3H3,(H,20,22). The van der Waals surface area contributed by atoms with Crippen LogP contribution in [0, 0.1) is 0 Å². The first kappa shape index (κ1) is 17.5. The Kier molecular flexibility index (Phi) is 4.81. The van der Waals surface area contributed by atoms with E-state index in [1.807, 2.05) is 0 Å². The Morgan fingerprint density at radius 1 is 1.28 bits per heavy atom. The van der Waals surface area contributed by atoms with Crippen LogP contribution >= 0.6 is 0 Å². The average Bonchev–Trinajstić information content (AvgIpc) is 2.86. The van der Waals surface area contributed by atoms with Crippen LogP contribution in [0.2, 0.25) is 0 Å². The third kappa shape index (κ3) is 3.26. The normalized spacial score (nSPS) is 19.9. The minimum atomic E-state index is -0.788. The molecule has 6 heteroatoms. The van der Waals surface area contributed by atoms with Gasteiger partial charge in [0, 0.05) is 37.2 Å². The predicted molar refractivity (Wildman–Crippen MR) is 94.5 cm³/mol. The zero-order chi connectivity index (χ0) is 18.0. The topological polar surface area (TPSA) is 67.9 Å². The summed E-state index contributed by atoms with van der Waals surface area (Å²) in [6, 6.07) is 7.11. The van der Waals surface area contributed by atoms with Gasteiger partial charge in [0.1, 0.15) is 11.4 Å². The molecule has 2 aliphatic rings. The largest absolute Gasteiger partial charge is 0.497 e. The van der Waals surface area contributed by atoms with Crippen LogP contribution in [0.25, 0.3) is 0 Å². The van der Waals surface area contributed by atoms with Crippen molar-refractivity contribution in [1.29, 1.82) is 0 Å². The molecule has 6 nitrogen and oxygen atoms in total. The smallest absolute Gasteiger partial charge is 0.335 e. The van der Waals surface area contributed by atoms with Gasteiger partial charge in [0.25, 0.3) is 5.91 Å². The van der Waals surface area contributed by atoms with Gasteiger partial charge < -0.3 is 19.7 Å². The lowest BCUT2D eigenvalue weighted by Crippen LogP contribution is -2.47. The number of anilines is 1. The number of nitrogens with zero attached hydrogens (tertiary/aromatic N) is 1. The maximum absolute atomic E-state index is 12.9. The molecule has 3 rings (SSSR count). The van der Waals surface area contributed by atoms with Gasteiger partial charge in [-0.3, -0.25) is 4.79 Å². The number of carbonyl (C=O) groups excluding carboxylic acids is 2. The van der Waals surface area contributed by atoms with Crippen LogP contribution in [0.1, 0.15) is 26.7 Å². The molecule has 0 aliphatic carbocycles. The second-order valence-electron chi connectivity index (χ2n) is 6.50. The van der Waals surface area contributed by atoms with E-state index in [1.165, 1.54) is 0 Å². The summed E-state index contributed by atoms with van der Waals surface area (Å²) in [4.78, 5) is 27.4. The number of piperidine rings is 1. The van der Waals surface area contributed by atoms with Crippen molar-refractivity contribution in [3.05, 3.63) is 35.4 Å². The molecule has 1 aromatic carbocycles. The summed E-state index contributed by atoms with van der Waals surface area (Å²) in [5, 5.41) is 2.88. The Labute approximate surface area is 147 Å². The highest BCUT2D eigenvalue weighted by Crippen LogP contribution is 2.41. The summed E-state index contributed by atoms with van der Waals surface area (Å²) in [5.41, 5.74) is 0.759. The van der Waals surface area contributed by atoms with E-state index >= 15 is 0 Å². The zero-order valence-electron chi connectivity index (χ0n) is 14.9. The second kappa shape index (κ2) is 6.88. The van der Waals surface area contributed by atoms with E-state index in [1.54, 1.807) is 38.3 Å². The van der Waals surface area contributed by atoms with E-state index < -0.39 is 5.60 Å². The van der Waals surface area contributed by atoms with Crippen molar-refractivity contribution in [2.24, 2.45) is 0 Å². The Balaban J connectivity index is 1.81. The minimum Gasteiger partial charge on any atom is -0.497 e. The van der Waals surface area contributed by atoms with Gasteiger partial charge in [-0.1, -0.05) is 6.92 Å². The van der Waals surface area contributed by atoms with Crippen LogP contribution < -0.4 is 10.1 Å². The van der Waals surface area contributed by atoms with E-state index in [0.29, 0.717) is 29.7 Å². The summed E-state index contributed by atoms with van der Waals surface area (Å²) < 4.78 is 10.8. The molecular formula is C19H24N2O4. The quantitative estimate of drug-likeness (QED) is 0.849. The molecule has 0 bridgehead atoms. The van der Waals surface area contributed by atoms with Crippen molar-refractivity contribution < 1.29 is 19.1 Å². The number of carbonyl (C=O) groups is 2. The fourth-order valence-corrected chi connectivity index (χ4v) is 3.58. The molecule has 0 radical (unpaired) electrons. The first-order valence-electron chi connectivity index (χ1n) is 8.61. The molecule has 134 valence electrons. The lowest BCUT2D eigenvalue weighted by atomic mass is 9.82. The fourth-order valence-electron chi connectivity index (χ4n) is 3.58. The lowest BCUT2D eigenvalue weighted by Gasteiger charge is -2.38. The Morgan fingerprint density at radius 2 is 1.92 bits per heavy atom. The van der Waals surface area contributed by atoms with Gasteiger partial charge >= 0.3 is 5.97 Å². The van der Waals surface area contributed by atoms with Gasteiger partial charge in [-0.05, 0) is 37.7 Å². The molecular weight excluding hydrogens is 320 g/mol. The molecule has 1 amide bonds. The third-order valence-corrected chi connectivity index (χ3v) is 5.11. The van der Waals surface area contributed by atoms with Crippen molar-refractivity contribution in [2.45, 2.75) is 32.3 Å². The number of esters is 1. The van der Waals surface area contributed by atoms with Crippen molar-refractivity contribution in [3.8, 4) is 5.75 Å². The first-order valence-corrected chi connectivity index (χ1v) is 8.61. The van der Waals surface area contributed by atoms with Crippen LogP contribution in [-0.4, -0.2) is 49.1 Å². The number of benzene rings is 1. The zero-order valence-corrected chi connectivity index (χ0v) is 14.9. The molecule has 2 aliphatic heterocycles. The van der Waals surface area contributed by atoms with Crippen LogP contribution in [0.15, 0.2) is 35.4 Å². The van der Waals surface area contributed by atoms with Crippen molar-refractivity contribution in [3.63, 3.8) is 0 Å². The molecule has 1 aromatic rings. The van der Waals surface area contributed by atoms with E-state index in [9.17, 15) is 9.59 Å². The average molecular weight is 344 g/mol. The number of ether oxygens (including phenoxy) is 2. The molecule has 1 spiro atoms. The summed E-state index contributed by atoms with van der Waals surface area (Å²) in [5.74, 6) is 0.0690. The van der Waals surface area contributed by atoms with Gasteiger partial charge in [-0.2, -0.15) is 0 Å². The molecule has 0 aromatic heterocycles. The Morgan fingerprint density at radius 3 is 2.48 bits per heavy atom.